The number of aromatic nitrogens is 3. The van der Waals surface area contributed by atoms with Crippen LogP contribution in [0.1, 0.15) is 50.3 Å². The molecule has 0 amide bonds. The second kappa shape index (κ2) is 12.5. The van der Waals surface area contributed by atoms with Crippen molar-refractivity contribution in [1.29, 1.82) is 0 Å². The molecule has 0 aliphatic carbocycles. The van der Waals surface area contributed by atoms with Gasteiger partial charge in [-0.05, 0) is 74.0 Å². The number of methoxy groups -OCH3 is 1. The molecular formula is C32H38ClN5O3. The Morgan fingerprint density at radius 1 is 1.17 bits per heavy atom. The molecule has 5 rings (SSSR count). The summed E-state index contributed by atoms with van der Waals surface area (Å²) in [6.07, 6.45) is 6.47. The molecule has 0 fully saturated rings. The van der Waals surface area contributed by atoms with Crippen LogP contribution in [0.5, 0.6) is 5.75 Å². The first-order chi connectivity index (χ1) is 19.8. The highest BCUT2D eigenvalue weighted by Crippen LogP contribution is 2.34. The monoisotopic (exact) mass is 575 g/mol. The van der Waals surface area contributed by atoms with Gasteiger partial charge >= 0.3 is 5.97 Å². The normalized spacial score (nSPS) is 14.2. The Labute approximate surface area is 246 Å². The van der Waals surface area contributed by atoms with Crippen LogP contribution >= 0.6 is 11.6 Å². The number of nitrogens with zero attached hydrogens (tertiary/aromatic N) is 4. The molecule has 0 spiro atoms. The van der Waals surface area contributed by atoms with Crippen molar-refractivity contribution in [2.75, 3.05) is 26.0 Å². The van der Waals surface area contributed by atoms with Gasteiger partial charge in [-0.25, -0.2) is 4.98 Å². The number of carbonyl (C=O) groups is 1. The summed E-state index contributed by atoms with van der Waals surface area (Å²) in [7, 11) is 3.79. The Morgan fingerprint density at radius 3 is 2.71 bits per heavy atom. The summed E-state index contributed by atoms with van der Waals surface area (Å²) in [5.41, 5.74) is 5.09. The first-order valence-corrected chi connectivity index (χ1v) is 14.7. The number of fused-ring (bicyclic) bond motifs is 2. The molecule has 4 aromatic rings. The molecule has 216 valence electrons. The summed E-state index contributed by atoms with van der Waals surface area (Å²) in [4.78, 5) is 24.5. The van der Waals surface area contributed by atoms with E-state index in [0.29, 0.717) is 22.7 Å². The van der Waals surface area contributed by atoms with Crippen LogP contribution in [0.3, 0.4) is 0 Å². The topological polar surface area (TPSA) is 81.5 Å². The van der Waals surface area contributed by atoms with E-state index in [1.54, 1.807) is 13.3 Å². The molecule has 9 heteroatoms. The molecule has 41 heavy (non-hydrogen) atoms. The van der Waals surface area contributed by atoms with Crippen molar-refractivity contribution < 1.29 is 14.3 Å². The Kier molecular flexibility index (Phi) is 8.80. The van der Waals surface area contributed by atoms with Gasteiger partial charge in [0, 0.05) is 24.7 Å². The molecular weight excluding hydrogens is 538 g/mol. The fourth-order valence-electron chi connectivity index (χ4n) is 5.72. The van der Waals surface area contributed by atoms with Crippen molar-refractivity contribution in [2.24, 2.45) is 5.92 Å². The van der Waals surface area contributed by atoms with Crippen molar-refractivity contribution in [2.45, 2.75) is 59.1 Å². The number of nitrogens with one attached hydrogen (secondary N) is 1. The third-order valence-electron chi connectivity index (χ3n) is 8.08. The van der Waals surface area contributed by atoms with Gasteiger partial charge in [0.2, 0.25) is 5.95 Å². The Bertz CT molecular complexity index is 1550. The fourth-order valence-corrected chi connectivity index (χ4v) is 5.90. The number of rotatable bonds is 10. The summed E-state index contributed by atoms with van der Waals surface area (Å²) in [6, 6.07) is 12.1. The van der Waals surface area contributed by atoms with Crippen LogP contribution in [0.25, 0.3) is 16.7 Å². The molecule has 1 aliphatic rings. The molecule has 0 saturated heterocycles. The average molecular weight is 576 g/mol. The minimum absolute atomic E-state index is 0.128. The lowest BCUT2D eigenvalue weighted by molar-refractivity contribution is -0.150. The van der Waals surface area contributed by atoms with Gasteiger partial charge in [-0.3, -0.25) is 9.36 Å². The Morgan fingerprint density at radius 2 is 1.95 bits per heavy atom. The zero-order valence-corrected chi connectivity index (χ0v) is 25.2. The van der Waals surface area contributed by atoms with Crippen LogP contribution in [0.4, 0.5) is 11.6 Å². The number of hydrogen-bond donors (Lipinski definition) is 1. The third-order valence-corrected chi connectivity index (χ3v) is 8.35. The third kappa shape index (κ3) is 6.19. The molecule has 0 bridgehead atoms. The summed E-state index contributed by atoms with van der Waals surface area (Å²) in [5, 5.41) is 4.69. The number of esters is 1. The molecule has 1 N–H and O–H groups in total. The maximum absolute atomic E-state index is 12.9. The maximum Gasteiger partial charge on any atom is 0.310 e. The van der Waals surface area contributed by atoms with E-state index in [2.05, 4.69) is 48.2 Å². The van der Waals surface area contributed by atoms with Crippen LogP contribution in [0, 0.1) is 5.92 Å². The van der Waals surface area contributed by atoms with Gasteiger partial charge in [-0.2, -0.15) is 4.98 Å². The van der Waals surface area contributed by atoms with Gasteiger partial charge in [0.25, 0.3) is 0 Å². The van der Waals surface area contributed by atoms with E-state index >= 15 is 0 Å². The molecule has 1 unspecified atom stereocenters. The molecule has 2 aromatic heterocycles. The van der Waals surface area contributed by atoms with E-state index < -0.39 is 0 Å². The zero-order chi connectivity index (χ0) is 29.1. The van der Waals surface area contributed by atoms with E-state index in [4.69, 9.17) is 26.1 Å². The van der Waals surface area contributed by atoms with Gasteiger partial charge in [0.1, 0.15) is 16.9 Å². The highest BCUT2D eigenvalue weighted by molar-refractivity contribution is 6.32. The number of benzene rings is 2. The molecule has 0 radical (unpaired) electrons. The lowest BCUT2D eigenvalue weighted by Crippen LogP contribution is -2.26. The number of halogens is 1. The Balaban J connectivity index is 1.45. The van der Waals surface area contributed by atoms with Crippen molar-refractivity contribution in [3.05, 3.63) is 70.5 Å². The van der Waals surface area contributed by atoms with E-state index in [0.717, 1.165) is 60.3 Å². The highest BCUT2D eigenvalue weighted by atomic mass is 35.5. The highest BCUT2D eigenvalue weighted by Gasteiger charge is 2.22. The summed E-state index contributed by atoms with van der Waals surface area (Å²) in [6.45, 7) is 8.12. The van der Waals surface area contributed by atoms with E-state index in [-0.39, 0.29) is 18.5 Å². The number of para-hydroxylation sites is 1. The minimum atomic E-state index is -0.242. The lowest BCUT2D eigenvalue weighted by Gasteiger charge is -2.26. The van der Waals surface area contributed by atoms with Gasteiger partial charge in [-0.1, -0.05) is 43.6 Å². The second-order valence-electron chi connectivity index (χ2n) is 10.8. The van der Waals surface area contributed by atoms with Crippen LogP contribution < -0.4 is 10.1 Å². The summed E-state index contributed by atoms with van der Waals surface area (Å²) in [5.74, 6) is 1.75. The first kappa shape index (κ1) is 28.9. The molecule has 2 aromatic carbocycles. The van der Waals surface area contributed by atoms with Crippen molar-refractivity contribution >= 4 is 40.1 Å². The zero-order valence-electron chi connectivity index (χ0n) is 24.4. The van der Waals surface area contributed by atoms with Crippen LogP contribution in [0.2, 0.25) is 5.02 Å². The maximum atomic E-state index is 12.9. The van der Waals surface area contributed by atoms with Crippen LogP contribution in [-0.4, -0.2) is 52.2 Å². The molecule has 8 nitrogen and oxygen atoms in total. The van der Waals surface area contributed by atoms with Crippen LogP contribution in [-0.2, 0) is 28.9 Å². The fraction of sp³-hybridized carbons (Fsp3) is 0.406. The summed E-state index contributed by atoms with van der Waals surface area (Å²) < 4.78 is 13.4. The van der Waals surface area contributed by atoms with Crippen LogP contribution in [0.15, 0.2) is 48.8 Å². The number of carbonyl (C=O) groups excluding carboxylic acids is 1. The van der Waals surface area contributed by atoms with E-state index in [1.165, 1.54) is 11.1 Å². The minimum Gasteiger partial charge on any atom is -0.495 e. The van der Waals surface area contributed by atoms with Crippen molar-refractivity contribution in [3.8, 4) is 11.6 Å². The summed E-state index contributed by atoms with van der Waals surface area (Å²) >= 11 is 6.66. The predicted molar refractivity (Wildman–Crippen MR) is 164 cm³/mol. The van der Waals surface area contributed by atoms with Gasteiger partial charge in [0.05, 0.1) is 30.9 Å². The first-order valence-electron chi connectivity index (χ1n) is 14.3. The molecule has 0 saturated carbocycles. The quantitative estimate of drug-likeness (QED) is 0.210. The number of hydrogen-bond acceptors (Lipinski definition) is 7. The standard InChI is InChI=1S/C32H38ClN5O3/c1-6-21(7-2)20(3)41-30(39)16-24-19-38(28-11-9-8-10-25(24)28)31-26(33)17-34-32(36-31)35-27-14-23-18-37(4)13-12-22(23)15-29(27)40-5/h8-11,14-15,17,19-21H,6-7,12-13,16,18H2,1-5H3,(H,34,35,36). The smallest absolute Gasteiger partial charge is 0.310 e. The number of ether oxygens (including phenoxy) is 2. The second-order valence-corrected chi connectivity index (χ2v) is 11.2. The van der Waals surface area contributed by atoms with Gasteiger partial charge in [0.15, 0.2) is 5.82 Å². The molecule has 1 aliphatic heterocycles. The number of likely N-dealkylation sites (N-methyl/N-ethyl adjacent to an activating group) is 1. The average Bonchev–Trinajstić information content (AvgIpc) is 3.32. The number of anilines is 2. The molecule has 1 atom stereocenters. The SMILES string of the molecule is CCC(CC)C(C)OC(=O)Cc1cn(-c2nc(Nc3cc4c(cc3OC)CCN(C)C4)ncc2Cl)c2ccccc12. The predicted octanol–water partition coefficient (Wildman–Crippen LogP) is 6.72. The van der Waals surface area contributed by atoms with Gasteiger partial charge < -0.3 is 19.7 Å². The van der Waals surface area contributed by atoms with Crippen molar-refractivity contribution in [1.82, 2.24) is 19.4 Å². The lowest BCUT2D eigenvalue weighted by atomic mass is 9.98. The Hall–Kier alpha value is -3.62. The van der Waals surface area contributed by atoms with Crippen molar-refractivity contribution in [3.63, 3.8) is 0 Å². The van der Waals surface area contributed by atoms with Gasteiger partial charge in [-0.15, -0.1) is 0 Å². The largest absolute Gasteiger partial charge is 0.495 e. The van der Waals surface area contributed by atoms with E-state index in [1.807, 2.05) is 42.0 Å². The molecule has 3 heterocycles. The van der Waals surface area contributed by atoms with E-state index in [9.17, 15) is 4.79 Å².